The summed E-state index contributed by atoms with van der Waals surface area (Å²) >= 11 is 0. The Labute approximate surface area is 123 Å². The molecule has 0 amide bonds. The van der Waals surface area contributed by atoms with Gasteiger partial charge in [0.1, 0.15) is 5.75 Å². The summed E-state index contributed by atoms with van der Waals surface area (Å²) in [6.45, 7) is 6.83. The Balaban J connectivity index is 2.03. The monoisotopic (exact) mass is 279 g/mol. The lowest BCUT2D eigenvalue weighted by Crippen LogP contribution is -2.29. The summed E-state index contributed by atoms with van der Waals surface area (Å²) in [5.74, 6) is 0.885. The summed E-state index contributed by atoms with van der Waals surface area (Å²) in [6.07, 6.45) is 5.20. The molecule has 0 radical (unpaired) electrons. The first-order valence-corrected chi connectivity index (χ1v) is 7.70. The number of methoxy groups -OCH3 is 1. The van der Waals surface area contributed by atoms with Gasteiger partial charge < -0.3 is 14.8 Å². The van der Waals surface area contributed by atoms with Crippen molar-refractivity contribution >= 4 is 0 Å². The average Bonchev–Trinajstić information content (AvgIpc) is 2.48. The molecule has 3 heteroatoms. The van der Waals surface area contributed by atoms with E-state index in [4.69, 9.17) is 9.47 Å². The Kier molecular flexibility index (Phi) is 9.09. The number of benzene rings is 1. The lowest BCUT2D eigenvalue weighted by Gasteiger charge is -2.13. The maximum absolute atomic E-state index is 5.67. The summed E-state index contributed by atoms with van der Waals surface area (Å²) in [4.78, 5) is 0. The van der Waals surface area contributed by atoms with E-state index in [1.807, 2.05) is 24.3 Å². The van der Waals surface area contributed by atoms with E-state index in [-0.39, 0.29) is 0 Å². The van der Waals surface area contributed by atoms with Crippen molar-refractivity contribution in [1.29, 1.82) is 0 Å². The minimum atomic E-state index is 0.589. The number of unbranched alkanes of at least 4 members (excludes halogenated alkanes) is 2. The molecule has 1 unspecified atom stereocenters. The van der Waals surface area contributed by atoms with Crippen LogP contribution < -0.4 is 10.1 Å². The van der Waals surface area contributed by atoms with E-state index >= 15 is 0 Å². The highest BCUT2D eigenvalue weighted by molar-refractivity contribution is 5.26. The fourth-order valence-electron chi connectivity index (χ4n) is 2.09. The Morgan fingerprint density at radius 1 is 1.15 bits per heavy atom. The Morgan fingerprint density at radius 3 is 2.55 bits per heavy atom. The van der Waals surface area contributed by atoms with Gasteiger partial charge >= 0.3 is 0 Å². The number of ether oxygens (including phenoxy) is 2. The Morgan fingerprint density at radius 2 is 1.90 bits per heavy atom. The summed E-state index contributed by atoms with van der Waals surface area (Å²) in [5.41, 5.74) is 1.18. The smallest absolute Gasteiger partial charge is 0.118 e. The van der Waals surface area contributed by atoms with E-state index in [0.717, 1.165) is 18.9 Å². The van der Waals surface area contributed by atoms with Crippen LogP contribution in [0.15, 0.2) is 24.3 Å². The van der Waals surface area contributed by atoms with Gasteiger partial charge in [-0.15, -0.1) is 0 Å². The lowest BCUT2D eigenvalue weighted by molar-refractivity contribution is 0.120. The van der Waals surface area contributed by atoms with Crippen LogP contribution in [0.2, 0.25) is 0 Å². The van der Waals surface area contributed by atoms with Crippen molar-refractivity contribution in [3.8, 4) is 5.75 Å². The first-order valence-electron chi connectivity index (χ1n) is 7.70. The Bertz CT molecular complexity index is 337. The van der Waals surface area contributed by atoms with Gasteiger partial charge in [-0.25, -0.2) is 0 Å². The maximum Gasteiger partial charge on any atom is 0.118 e. The van der Waals surface area contributed by atoms with Crippen LogP contribution in [0, 0.1) is 0 Å². The molecule has 20 heavy (non-hydrogen) atoms. The predicted octanol–water partition coefficient (Wildman–Crippen LogP) is 3.77. The zero-order valence-corrected chi connectivity index (χ0v) is 13.2. The minimum Gasteiger partial charge on any atom is -0.497 e. The van der Waals surface area contributed by atoms with Crippen LogP contribution in [0.5, 0.6) is 5.75 Å². The molecule has 0 fully saturated rings. The van der Waals surface area contributed by atoms with Crippen molar-refractivity contribution in [1.82, 2.24) is 5.32 Å². The van der Waals surface area contributed by atoms with Crippen molar-refractivity contribution < 1.29 is 9.47 Å². The minimum absolute atomic E-state index is 0.589. The molecule has 1 rings (SSSR count). The third kappa shape index (κ3) is 7.51. The van der Waals surface area contributed by atoms with Gasteiger partial charge in [0.25, 0.3) is 0 Å². The van der Waals surface area contributed by atoms with Gasteiger partial charge in [-0.05, 0) is 31.0 Å². The van der Waals surface area contributed by atoms with E-state index in [1.54, 1.807) is 7.11 Å². The molecule has 0 aliphatic heterocycles. The highest BCUT2D eigenvalue weighted by atomic mass is 16.5. The van der Waals surface area contributed by atoms with E-state index in [1.165, 1.54) is 31.2 Å². The van der Waals surface area contributed by atoms with Crippen LogP contribution >= 0.6 is 0 Å². The molecule has 0 heterocycles. The van der Waals surface area contributed by atoms with Crippen LogP contribution in [-0.2, 0) is 11.3 Å². The third-order valence-electron chi connectivity index (χ3n) is 3.41. The zero-order valence-electron chi connectivity index (χ0n) is 13.2. The van der Waals surface area contributed by atoms with Gasteiger partial charge in [0, 0.05) is 12.6 Å². The molecule has 1 N–H and O–H groups in total. The standard InChI is InChI=1S/C17H29NO2/c1-4-5-6-7-15(2)18-12-13-20-14-16-8-10-17(19-3)11-9-16/h8-11,15,18H,4-7,12-14H2,1-3H3. The lowest BCUT2D eigenvalue weighted by atomic mass is 10.1. The first kappa shape index (κ1) is 17.0. The average molecular weight is 279 g/mol. The molecule has 1 aromatic rings. The van der Waals surface area contributed by atoms with Crippen molar-refractivity contribution in [2.75, 3.05) is 20.3 Å². The molecule has 1 aromatic carbocycles. The molecule has 0 spiro atoms. The second-order valence-electron chi connectivity index (χ2n) is 5.25. The van der Waals surface area contributed by atoms with Gasteiger partial charge in [-0.2, -0.15) is 0 Å². The van der Waals surface area contributed by atoms with Crippen LogP contribution in [0.4, 0.5) is 0 Å². The van der Waals surface area contributed by atoms with Crippen molar-refractivity contribution in [2.45, 2.75) is 52.2 Å². The molecule has 0 aromatic heterocycles. The Hall–Kier alpha value is -1.06. The van der Waals surface area contributed by atoms with Crippen LogP contribution in [0.3, 0.4) is 0 Å². The van der Waals surface area contributed by atoms with Crippen molar-refractivity contribution in [3.63, 3.8) is 0 Å². The maximum atomic E-state index is 5.67. The fourth-order valence-corrected chi connectivity index (χ4v) is 2.09. The van der Waals surface area contributed by atoms with Crippen LogP contribution in [-0.4, -0.2) is 26.3 Å². The summed E-state index contributed by atoms with van der Waals surface area (Å²) in [5, 5.41) is 3.50. The van der Waals surface area contributed by atoms with Crippen LogP contribution in [0.1, 0.15) is 45.1 Å². The molecular formula is C17H29NO2. The molecule has 0 bridgehead atoms. The van der Waals surface area contributed by atoms with Crippen molar-refractivity contribution in [3.05, 3.63) is 29.8 Å². The third-order valence-corrected chi connectivity index (χ3v) is 3.41. The van der Waals surface area contributed by atoms with Gasteiger partial charge in [0.2, 0.25) is 0 Å². The highest BCUT2D eigenvalue weighted by Crippen LogP contribution is 2.11. The SMILES string of the molecule is CCCCCC(C)NCCOCc1ccc(OC)cc1. The summed E-state index contributed by atoms with van der Waals surface area (Å²) in [7, 11) is 1.68. The number of rotatable bonds is 11. The molecule has 0 saturated heterocycles. The largest absolute Gasteiger partial charge is 0.497 e. The normalized spacial score (nSPS) is 12.3. The highest BCUT2D eigenvalue weighted by Gasteiger charge is 2.00. The fraction of sp³-hybridized carbons (Fsp3) is 0.647. The van der Waals surface area contributed by atoms with E-state index in [2.05, 4.69) is 19.2 Å². The molecule has 114 valence electrons. The molecule has 3 nitrogen and oxygen atoms in total. The van der Waals surface area contributed by atoms with Gasteiger partial charge in [-0.1, -0.05) is 38.3 Å². The topological polar surface area (TPSA) is 30.5 Å². The molecule has 1 atom stereocenters. The second-order valence-corrected chi connectivity index (χ2v) is 5.25. The zero-order chi connectivity index (χ0) is 14.6. The van der Waals surface area contributed by atoms with E-state index < -0.39 is 0 Å². The summed E-state index contributed by atoms with van der Waals surface area (Å²) in [6, 6.07) is 8.60. The van der Waals surface area contributed by atoms with Gasteiger partial charge in [0.15, 0.2) is 0 Å². The van der Waals surface area contributed by atoms with Crippen LogP contribution in [0.25, 0.3) is 0 Å². The molecular weight excluding hydrogens is 250 g/mol. The van der Waals surface area contributed by atoms with Gasteiger partial charge in [-0.3, -0.25) is 0 Å². The predicted molar refractivity (Wildman–Crippen MR) is 84.3 cm³/mol. The quantitative estimate of drug-likeness (QED) is 0.625. The van der Waals surface area contributed by atoms with E-state index in [0.29, 0.717) is 12.6 Å². The number of nitrogens with one attached hydrogen (secondary N) is 1. The molecule has 0 aliphatic rings. The number of hydrogen-bond donors (Lipinski definition) is 1. The molecule has 0 saturated carbocycles. The first-order chi connectivity index (χ1) is 9.76. The summed E-state index contributed by atoms with van der Waals surface area (Å²) < 4.78 is 10.8. The van der Waals surface area contributed by atoms with Gasteiger partial charge in [0.05, 0.1) is 20.3 Å². The second kappa shape index (κ2) is 10.7. The molecule has 0 aliphatic carbocycles. The van der Waals surface area contributed by atoms with Crippen molar-refractivity contribution in [2.24, 2.45) is 0 Å². The number of hydrogen-bond acceptors (Lipinski definition) is 3. The van der Waals surface area contributed by atoms with E-state index in [9.17, 15) is 0 Å².